The van der Waals surface area contributed by atoms with E-state index in [1.807, 2.05) is 59.2 Å². The van der Waals surface area contributed by atoms with Gasteiger partial charge in [0, 0.05) is 26.0 Å². The van der Waals surface area contributed by atoms with Gasteiger partial charge in [0.1, 0.15) is 18.1 Å². The zero-order valence-electron chi connectivity index (χ0n) is 17.5. The average molecular weight is 413 g/mol. The van der Waals surface area contributed by atoms with Gasteiger partial charge in [0.15, 0.2) is 0 Å². The molecule has 31 heavy (non-hydrogen) atoms. The normalized spacial score (nSPS) is 10.8. The smallest absolute Gasteiger partial charge is 0.272 e. The van der Waals surface area contributed by atoms with Crippen LogP contribution in [0.2, 0.25) is 0 Å². The molecule has 0 aliphatic carbocycles. The number of aromatic nitrogens is 3. The number of nitrogens with zero attached hydrogens (tertiary/aromatic N) is 5. The van der Waals surface area contributed by atoms with Gasteiger partial charge >= 0.3 is 0 Å². The Labute approximate surface area is 180 Å². The first-order chi connectivity index (χ1) is 15.0. The summed E-state index contributed by atoms with van der Waals surface area (Å²) in [7, 11) is 3.46. The fourth-order valence-electron chi connectivity index (χ4n) is 3.43. The van der Waals surface area contributed by atoms with Gasteiger partial charge in [-0.3, -0.25) is 14.6 Å². The third kappa shape index (κ3) is 4.30. The maximum Gasteiger partial charge on any atom is 0.272 e. The van der Waals surface area contributed by atoms with Crippen molar-refractivity contribution in [1.82, 2.24) is 19.4 Å². The molecule has 0 atom stereocenters. The summed E-state index contributed by atoms with van der Waals surface area (Å²) in [5.41, 5.74) is 2.82. The molecule has 0 N–H and O–H groups in total. The number of amides is 2. The summed E-state index contributed by atoms with van der Waals surface area (Å²) < 4.78 is 1.87. The van der Waals surface area contributed by atoms with Crippen LogP contribution in [0.15, 0.2) is 79.0 Å². The number of likely N-dealkylation sites (N-methyl/N-ethyl adjacent to an activating group) is 1. The van der Waals surface area contributed by atoms with Crippen molar-refractivity contribution in [3.05, 3.63) is 90.5 Å². The summed E-state index contributed by atoms with van der Waals surface area (Å²) in [6, 6.07) is 22.4. The van der Waals surface area contributed by atoms with Crippen molar-refractivity contribution in [3.63, 3.8) is 0 Å². The van der Waals surface area contributed by atoms with Crippen LogP contribution in [0.3, 0.4) is 0 Å². The summed E-state index contributed by atoms with van der Waals surface area (Å²) >= 11 is 0. The number of hydrogen-bond donors (Lipinski definition) is 0. The first-order valence-electron chi connectivity index (χ1n) is 9.97. The molecule has 0 radical (unpaired) electrons. The number of pyridine rings is 1. The second-order valence-corrected chi connectivity index (χ2v) is 7.27. The molecule has 2 amide bonds. The lowest BCUT2D eigenvalue weighted by molar-refractivity contribution is -0.118. The second-order valence-electron chi connectivity index (χ2n) is 7.27. The fourth-order valence-corrected chi connectivity index (χ4v) is 3.43. The third-order valence-corrected chi connectivity index (χ3v) is 5.15. The van der Waals surface area contributed by atoms with Crippen LogP contribution in [0.1, 0.15) is 16.3 Å². The highest BCUT2D eigenvalue weighted by Crippen LogP contribution is 2.19. The highest BCUT2D eigenvalue weighted by atomic mass is 16.2. The van der Waals surface area contributed by atoms with Crippen molar-refractivity contribution >= 4 is 28.5 Å². The summed E-state index contributed by atoms with van der Waals surface area (Å²) in [5.74, 6) is 0.365. The monoisotopic (exact) mass is 413 g/mol. The van der Waals surface area contributed by atoms with Crippen LogP contribution in [0, 0.1) is 0 Å². The number of imidazole rings is 1. The topological polar surface area (TPSA) is 71.3 Å². The maximum absolute atomic E-state index is 13.0. The molecule has 0 spiro atoms. The van der Waals surface area contributed by atoms with Gasteiger partial charge in [0.25, 0.3) is 5.91 Å². The van der Waals surface area contributed by atoms with Crippen LogP contribution in [-0.2, 0) is 17.9 Å². The summed E-state index contributed by atoms with van der Waals surface area (Å²) in [5, 5.41) is 0. The van der Waals surface area contributed by atoms with E-state index >= 15 is 0 Å². The minimum absolute atomic E-state index is 0.0747. The molecule has 0 saturated carbocycles. The first kappa shape index (κ1) is 20.3. The lowest BCUT2D eigenvalue weighted by Crippen LogP contribution is -2.32. The number of carbonyl (C=O) groups is 2. The van der Waals surface area contributed by atoms with Gasteiger partial charge in [-0.2, -0.15) is 0 Å². The van der Waals surface area contributed by atoms with Gasteiger partial charge in [0.05, 0.1) is 17.6 Å². The predicted molar refractivity (Wildman–Crippen MR) is 120 cm³/mol. The molecular formula is C24H23N5O2. The van der Waals surface area contributed by atoms with Crippen molar-refractivity contribution in [2.45, 2.75) is 13.1 Å². The number of carbonyl (C=O) groups excluding carboxylic acids is 2. The summed E-state index contributed by atoms with van der Waals surface area (Å²) in [6.45, 7) is 0.374. The molecule has 0 aliphatic heterocycles. The zero-order valence-corrected chi connectivity index (χ0v) is 17.5. The van der Waals surface area contributed by atoms with Gasteiger partial charge < -0.3 is 14.4 Å². The largest absolute Gasteiger partial charge is 0.333 e. The molecule has 4 rings (SSSR count). The van der Waals surface area contributed by atoms with Crippen molar-refractivity contribution in [3.8, 4) is 0 Å². The Morgan fingerprint density at radius 3 is 2.35 bits per heavy atom. The molecule has 4 aromatic rings. The number of para-hydroxylation sites is 3. The van der Waals surface area contributed by atoms with E-state index in [0.29, 0.717) is 11.5 Å². The Morgan fingerprint density at radius 1 is 0.903 bits per heavy atom. The SMILES string of the molecule is CN(Cc1nc2ccccc2n1CC(=O)N(C)c1ccccc1)C(=O)c1ccccn1. The molecule has 2 heterocycles. The Hall–Kier alpha value is -4.00. The van der Waals surface area contributed by atoms with Crippen molar-refractivity contribution in [2.75, 3.05) is 19.0 Å². The van der Waals surface area contributed by atoms with Crippen LogP contribution in [-0.4, -0.2) is 45.3 Å². The molecule has 0 unspecified atom stereocenters. The number of hydrogen-bond acceptors (Lipinski definition) is 4. The molecule has 0 bridgehead atoms. The highest BCUT2D eigenvalue weighted by molar-refractivity contribution is 5.94. The predicted octanol–water partition coefficient (Wildman–Crippen LogP) is 3.37. The van der Waals surface area contributed by atoms with Crippen LogP contribution in [0.25, 0.3) is 11.0 Å². The number of fused-ring (bicyclic) bond motifs is 1. The van der Waals surface area contributed by atoms with Gasteiger partial charge in [-0.05, 0) is 36.4 Å². The molecule has 0 saturated heterocycles. The van der Waals surface area contributed by atoms with Gasteiger partial charge in [-0.15, -0.1) is 0 Å². The quantitative estimate of drug-likeness (QED) is 0.486. The Kier molecular flexibility index (Phi) is 5.75. The van der Waals surface area contributed by atoms with E-state index < -0.39 is 0 Å². The standard InChI is InChI=1S/C24H23N5O2/c1-27(24(31)20-13-8-9-15-25-20)16-22-26-19-12-6-7-14-21(19)29(22)17-23(30)28(2)18-10-4-3-5-11-18/h3-15H,16-17H2,1-2H3. The molecule has 156 valence electrons. The molecule has 0 aliphatic rings. The number of anilines is 1. The summed E-state index contributed by atoms with van der Waals surface area (Å²) in [4.78, 5) is 37.8. The molecule has 2 aromatic heterocycles. The molecule has 7 nitrogen and oxygen atoms in total. The van der Waals surface area contributed by atoms with Crippen molar-refractivity contribution < 1.29 is 9.59 Å². The van der Waals surface area contributed by atoms with E-state index in [9.17, 15) is 9.59 Å². The molecule has 0 fully saturated rings. The molecule has 2 aromatic carbocycles. The summed E-state index contributed by atoms with van der Waals surface area (Å²) in [6.07, 6.45) is 1.59. The van der Waals surface area contributed by atoms with Crippen LogP contribution in [0.5, 0.6) is 0 Å². The number of rotatable bonds is 6. The zero-order chi connectivity index (χ0) is 21.8. The second kappa shape index (κ2) is 8.79. The van der Waals surface area contributed by atoms with Crippen LogP contribution >= 0.6 is 0 Å². The van der Waals surface area contributed by atoms with E-state index in [0.717, 1.165) is 16.7 Å². The molecular weight excluding hydrogens is 390 g/mol. The Bertz CT molecular complexity index is 1200. The van der Waals surface area contributed by atoms with Crippen LogP contribution in [0.4, 0.5) is 5.69 Å². The Morgan fingerprint density at radius 2 is 1.61 bits per heavy atom. The van der Waals surface area contributed by atoms with E-state index in [4.69, 9.17) is 4.98 Å². The van der Waals surface area contributed by atoms with Crippen molar-refractivity contribution in [2.24, 2.45) is 0 Å². The highest BCUT2D eigenvalue weighted by Gasteiger charge is 2.20. The minimum atomic E-state index is -0.202. The van der Waals surface area contributed by atoms with E-state index in [-0.39, 0.29) is 24.9 Å². The van der Waals surface area contributed by atoms with Gasteiger partial charge in [-0.1, -0.05) is 36.4 Å². The fraction of sp³-hybridized carbons (Fsp3) is 0.167. The van der Waals surface area contributed by atoms with Crippen LogP contribution < -0.4 is 4.90 Å². The molecule has 7 heteroatoms. The number of benzene rings is 2. The van der Waals surface area contributed by atoms with Crippen molar-refractivity contribution in [1.29, 1.82) is 0 Å². The Balaban J connectivity index is 1.61. The third-order valence-electron chi connectivity index (χ3n) is 5.15. The minimum Gasteiger partial charge on any atom is -0.333 e. The van der Waals surface area contributed by atoms with E-state index in [1.54, 1.807) is 48.3 Å². The van der Waals surface area contributed by atoms with Gasteiger partial charge in [-0.25, -0.2) is 4.98 Å². The average Bonchev–Trinajstić information content (AvgIpc) is 3.15. The lowest BCUT2D eigenvalue weighted by atomic mass is 10.3. The van der Waals surface area contributed by atoms with E-state index in [2.05, 4.69) is 4.98 Å². The maximum atomic E-state index is 13.0. The van der Waals surface area contributed by atoms with E-state index in [1.165, 1.54) is 0 Å². The lowest BCUT2D eigenvalue weighted by Gasteiger charge is -2.20. The van der Waals surface area contributed by atoms with Gasteiger partial charge in [0.2, 0.25) is 5.91 Å². The first-order valence-corrected chi connectivity index (χ1v) is 9.97.